The highest BCUT2D eigenvalue weighted by Gasteiger charge is 2.38. The summed E-state index contributed by atoms with van der Waals surface area (Å²) in [4.78, 5) is 12.0. The number of carbonyl (C=O) groups excluding carboxylic acids is 1. The Bertz CT molecular complexity index is 478. The molecule has 0 aromatic heterocycles. The Balaban J connectivity index is 1.88. The molecule has 1 fully saturated rings. The van der Waals surface area contributed by atoms with Gasteiger partial charge in [-0.2, -0.15) is 0 Å². The summed E-state index contributed by atoms with van der Waals surface area (Å²) in [5, 5.41) is 3.09. The summed E-state index contributed by atoms with van der Waals surface area (Å²) in [6.07, 6.45) is 6.33. The zero-order valence-corrected chi connectivity index (χ0v) is 10.0. The highest BCUT2D eigenvalue weighted by Crippen LogP contribution is 2.39. The summed E-state index contributed by atoms with van der Waals surface area (Å²) >= 11 is 0. The Kier molecular flexibility index (Phi) is 2.50. The van der Waals surface area contributed by atoms with Gasteiger partial charge in [0, 0.05) is 12.0 Å². The minimum absolute atomic E-state index is 0.125. The molecule has 1 heterocycles. The fourth-order valence-electron chi connectivity index (χ4n) is 2.99. The monoisotopic (exact) mass is 227 g/mol. The van der Waals surface area contributed by atoms with Gasteiger partial charge in [0.25, 0.3) is 0 Å². The van der Waals surface area contributed by atoms with E-state index in [1.807, 2.05) is 0 Å². The van der Waals surface area contributed by atoms with Gasteiger partial charge in [0.2, 0.25) is 5.91 Å². The van der Waals surface area contributed by atoms with Gasteiger partial charge < -0.3 is 5.32 Å². The minimum Gasteiger partial charge on any atom is -0.353 e. The predicted octanol–water partition coefficient (Wildman–Crippen LogP) is 2.71. The van der Waals surface area contributed by atoms with E-state index in [9.17, 15) is 4.79 Å². The maximum absolute atomic E-state index is 12.0. The number of fused-ring (bicyclic) bond motifs is 1. The topological polar surface area (TPSA) is 29.1 Å². The molecule has 1 aliphatic heterocycles. The van der Waals surface area contributed by atoms with E-state index in [1.54, 1.807) is 0 Å². The maximum Gasteiger partial charge on any atom is 0.224 e. The number of benzene rings is 1. The van der Waals surface area contributed by atoms with Crippen LogP contribution in [0, 0.1) is 5.92 Å². The summed E-state index contributed by atoms with van der Waals surface area (Å²) in [6, 6.07) is 8.74. The lowest BCUT2D eigenvalue weighted by Crippen LogP contribution is -2.26. The molecule has 3 atom stereocenters. The van der Waals surface area contributed by atoms with Gasteiger partial charge in [-0.3, -0.25) is 4.79 Å². The largest absolute Gasteiger partial charge is 0.353 e. The maximum atomic E-state index is 12.0. The fourth-order valence-corrected chi connectivity index (χ4v) is 2.99. The summed E-state index contributed by atoms with van der Waals surface area (Å²) in [6.45, 7) is 2.13. The van der Waals surface area contributed by atoms with Crippen LogP contribution in [0.25, 0.3) is 6.08 Å². The molecule has 2 nitrogen and oxygen atoms in total. The van der Waals surface area contributed by atoms with Crippen LogP contribution in [0.3, 0.4) is 0 Å². The van der Waals surface area contributed by atoms with Crippen molar-refractivity contribution in [1.82, 2.24) is 5.32 Å². The molecule has 1 aliphatic carbocycles. The SMILES string of the molecule is CCC1CC(C2C=Cc3ccccc32)C(=O)N1. The first-order valence-electron chi connectivity index (χ1n) is 6.37. The number of carbonyl (C=O) groups is 1. The molecule has 1 amide bonds. The van der Waals surface area contributed by atoms with Crippen LogP contribution in [-0.2, 0) is 4.79 Å². The lowest BCUT2D eigenvalue weighted by Gasteiger charge is -2.16. The average molecular weight is 227 g/mol. The second-order valence-electron chi connectivity index (χ2n) is 4.97. The van der Waals surface area contributed by atoms with Gasteiger partial charge in [-0.25, -0.2) is 0 Å². The molecule has 3 rings (SSSR count). The van der Waals surface area contributed by atoms with Gasteiger partial charge in [0.15, 0.2) is 0 Å². The summed E-state index contributed by atoms with van der Waals surface area (Å²) in [5.74, 6) is 0.630. The molecule has 0 saturated carbocycles. The molecular formula is C15H17NO. The molecule has 1 aromatic rings. The lowest BCUT2D eigenvalue weighted by molar-refractivity contribution is -0.122. The quantitative estimate of drug-likeness (QED) is 0.827. The fraction of sp³-hybridized carbons (Fsp3) is 0.400. The summed E-state index contributed by atoms with van der Waals surface area (Å²) < 4.78 is 0. The first kappa shape index (κ1) is 10.6. The van der Waals surface area contributed by atoms with Crippen molar-refractivity contribution in [2.45, 2.75) is 31.7 Å². The molecule has 2 heteroatoms. The molecule has 17 heavy (non-hydrogen) atoms. The van der Waals surface area contributed by atoms with E-state index >= 15 is 0 Å². The van der Waals surface area contributed by atoms with Crippen LogP contribution in [0.15, 0.2) is 30.3 Å². The Morgan fingerprint density at radius 3 is 2.94 bits per heavy atom. The van der Waals surface area contributed by atoms with Gasteiger partial charge in [0.05, 0.1) is 5.92 Å². The molecule has 0 spiro atoms. The standard InChI is InChI=1S/C15H17NO/c1-2-11-9-14(15(17)16-11)13-8-7-10-5-3-4-6-12(10)13/h3-8,11,13-14H,2,9H2,1H3,(H,16,17). The van der Waals surface area contributed by atoms with E-state index in [4.69, 9.17) is 0 Å². The van der Waals surface area contributed by atoms with Crippen molar-refractivity contribution in [3.05, 3.63) is 41.5 Å². The molecule has 1 saturated heterocycles. The molecule has 0 bridgehead atoms. The molecule has 1 N–H and O–H groups in total. The average Bonchev–Trinajstić information content (AvgIpc) is 2.92. The minimum atomic E-state index is 0.125. The molecule has 3 unspecified atom stereocenters. The van der Waals surface area contributed by atoms with E-state index < -0.39 is 0 Å². The summed E-state index contributed by atoms with van der Waals surface area (Å²) in [5.41, 5.74) is 2.58. The van der Waals surface area contributed by atoms with Crippen LogP contribution >= 0.6 is 0 Å². The predicted molar refractivity (Wildman–Crippen MR) is 68.5 cm³/mol. The van der Waals surface area contributed by atoms with Gasteiger partial charge in [0.1, 0.15) is 0 Å². The Morgan fingerprint density at radius 2 is 2.18 bits per heavy atom. The zero-order chi connectivity index (χ0) is 11.8. The number of hydrogen-bond donors (Lipinski definition) is 1. The van der Waals surface area contributed by atoms with Crippen LogP contribution in [-0.4, -0.2) is 11.9 Å². The molecular weight excluding hydrogens is 210 g/mol. The van der Waals surface area contributed by atoms with Gasteiger partial charge in [-0.15, -0.1) is 0 Å². The van der Waals surface area contributed by atoms with Crippen LogP contribution in [0.5, 0.6) is 0 Å². The number of rotatable bonds is 2. The van der Waals surface area contributed by atoms with Crippen LogP contribution < -0.4 is 5.32 Å². The number of hydrogen-bond acceptors (Lipinski definition) is 1. The number of nitrogens with one attached hydrogen (secondary N) is 1. The normalized spacial score (nSPS) is 30.4. The Labute approximate surface area is 102 Å². The number of amides is 1. The lowest BCUT2D eigenvalue weighted by atomic mass is 9.85. The van der Waals surface area contributed by atoms with Crippen LogP contribution in [0.2, 0.25) is 0 Å². The van der Waals surface area contributed by atoms with Crippen molar-refractivity contribution in [1.29, 1.82) is 0 Å². The second kappa shape index (κ2) is 4.02. The van der Waals surface area contributed by atoms with Crippen LogP contribution in [0.4, 0.5) is 0 Å². The third-order valence-electron chi connectivity index (χ3n) is 3.99. The highest BCUT2D eigenvalue weighted by molar-refractivity contribution is 5.84. The molecule has 2 aliphatic rings. The Morgan fingerprint density at radius 1 is 1.35 bits per heavy atom. The second-order valence-corrected chi connectivity index (χ2v) is 4.97. The van der Waals surface area contributed by atoms with Crippen molar-refractivity contribution < 1.29 is 4.79 Å². The van der Waals surface area contributed by atoms with E-state index in [0.717, 1.165) is 12.8 Å². The van der Waals surface area contributed by atoms with Gasteiger partial charge >= 0.3 is 0 Å². The third kappa shape index (κ3) is 1.68. The van der Waals surface area contributed by atoms with E-state index in [-0.39, 0.29) is 17.7 Å². The van der Waals surface area contributed by atoms with Gasteiger partial charge in [-0.05, 0) is 24.0 Å². The van der Waals surface area contributed by atoms with Crippen molar-refractivity contribution in [3.8, 4) is 0 Å². The molecule has 88 valence electrons. The molecule has 1 aromatic carbocycles. The van der Waals surface area contributed by atoms with E-state index in [2.05, 4.69) is 48.7 Å². The zero-order valence-electron chi connectivity index (χ0n) is 10.0. The smallest absolute Gasteiger partial charge is 0.224 e. The molecule has 0 radical (unpaired) electrons. The van der Waals surface area contributed by atoms with E-state index in [0.29, 0.717) is 6.04 Å². The highest BCUT2D eigenvalue weighted by atomic mass is 16.2. The van der Waals surface area contributed by atoms with Crippen LogP contribution in [0.1, 0.15) is 36.8 Å². The van der Waals surface area contributed by atoms with Crippen molar-refractivity contribution >= 4 is 12.0 Å². The Hall–Kier alpha value is -1.57. The van der Waals surface area contributed by atoms with E-state index in [1.165, 1.54) is 11.1 Å². The first-order valence-corrected chi connectivity index (χ1v) is 6.37. The summed E-state index contributed by atoms with van der Waals surface area (Å²) in [7, 11) is 0. The number of allylic oxidation sites excluding steroid dienone is 1. The van der Waals surface area contributed by atoms with Crippen molar-refractivity contribution in [2.24, 2.45) is 5.92 Å². The first-order chi connectivity index (χ1) is 8.29. The van der Waals surface area contributed by atoms with Crippen molar-refractivity contribution in [3.63, 3.8) is 0 Å². The van der Waals surface area contributed by atoms with Gasteiger partial charge in [-0.1, -0.05) is 43.3 Å². The van der Waals surface area contributed by atoms with Crippen molar-refractivity contribution in [2.75, 3.05) is 0 Å². The third-order valence-corrected chi connectivity index (χ3v) is 3.99.